The second-order valence-corrected chi connectivity index (χ2v) is 8.07. The van der Waals surface area contributed by atoms with E-state index in [-0.39, 0.29) is 41.1 Å². The van der Waals surface area contributed by atoms with E-state index < -0.39 is 6.61 Å². The van der Waals surface area contributed by atoms with E-state index in [1.807, 2.05) is 0 Å². The van der Waals surface area contributed by atoms with Crippen LogP contribution >= 0.6 is 0 Å². The van der Waals surface area contributed by atoms with Crippen LogP contribution in [0.5, 0.6) is 17.2 Å². The number of rotatable bonds is 11. The molecule has 0 radical (unpaired) electrons. The number of aromatic nitrogens is 2. The Morgan fingerprint density at radius 1 is 1.24 bits per heavy atom. The van der Waals surface area contributed by atoms with Crippen molar-refractivity contribution in [3.8, 4) is 28.5 Å². The minimum Gasteiger partial charge on any atom is -0.496 e. The van der Waals surface area contributed by atoms with Gasteiger partial charge < -0.3 is 19.5 Å². The summed E-state index contributed by atoms with van der Waals surface area (Å²) in [5, 5.41) is 2.65. The van der Waals surface area contributed by atoms with E-state index in [4.69, 9.17) is 14.2 Å². The first-order chi connectivity index (χ1) is 16.4. The number of carbonyl (C=O) groups excluding carboxylic acids is 2. The SMILES string of the molecule is COc1cc(-c2cnc3cc(OCCNC(C)=O)ccn23)cc(OC(F)F)c1C(=O)CC1CC1. The number of imidazole rings is 1. The first-order valence-electron chi connectivity index (χ1n) is 10.9. The van der Waals surface area contributed by atoms with Gasteiger partial charge in [-0.25, -0.2) is 4.98 Å². The van der Waals surface area contributed by atoms with Gasteiger partial charge in [0.2, 0.25) is 5.91 Å². The Hall–Kier alpha value is -3.69. The zero-order chi connectivity index (χ0) is 24.2. The maximum Gasteiger partial charge on any atom is 0.387 e. The molecule has 4 rings (SSSR count). The first kappa shape index (κ1) is 23.5. The molecule has 8 nitrogen and oxygen atoms in total. The second kappa shape index (κ2) is 10.1. The quantitative estimate of drug-likeness (QED) is 0.333. The van der Waals surface area contributed by atoms with Crippen LogP contribution in [-0.2, 0) is 4.79 Å². The molecule has 0 spiro atoms. The number of ketones is 1. The fraction of sp³-hybridized carbons (Fsp3) is 0.375. The summed E-state index contributed by atoms with van der Waals surface area (Å²) in [5.41, 5.74) is 1.69. The molecule has 0 aliphatic heterocycles. The molecule has 2 aromatic heterocycles. The van der Waals surface area contributed by atoms with Crippen molar-refractivity contribution in [1.82, 2.24) is 14.7 Å². The number of benzene rings is 1. The highest BCUT2D eigenvalue weighted by molar-refractivity contribution is 6.02. The maximum absolute atomic E-state index is 13.2. The molecule has 1 aliphatic rings. The molecule has 0 saturated heterocycles. The molecule has 1 aliphatic carbocycles. The molecule has 1 N–H and O–H groups in total. The van der Waals surface area contributed by atoms with E-state index in [2.05, 4.69) is 10.3 Å². The number of amides is 1. The van der Waals surface area contributed by atoms with Crippen LogP contribution < -0.4 is 19.5 Å². The fourth-order valence-corrected chi connectivity index (χ4v) is 3.71. The van der Waals surface area contributed by atoms with Crippen molar-refractivity contribution < 1.29 is 32.6 Å². The van der Waals surface area contributed by atoms with Crippen molar-refractivity contribution >= 4 is 17.3 Å². The van der Waals surface area contributed by atoms with Crippen molar-refractivity contribution in [2.75, 3.05) is 20.3 Å². The van der Waals surface area contributed by atoms with Crippen LogP contribution in [0.4, 0.5) is 8.78 Å². The second-order valence-electron chi connectivity index (χ2n) is 8.07. The van der Waals surface area contributed by atoms with Crippen LogP contribution in [0.25, 0.3) is 16.9 Å². The monoisotopic (exact) mass is 473 g/mol. The summed E-state index contributed by atoms with van der Waals surface area (Å²) in [6, 6.07) is 6.49. The van der Waals surface area contributed by atoms with Crippen LogP contribution in [0, 0.1) is 5.92 Å². The average molecular weight is 473 g/mol. The average Bonchev–Trinajstić information content (AvgIpc) is 3.50. The van der Waals surface area contributed by atoms with E-state index in [1.165, 1.54) is 20.1 Å². The van der Waals surface area contributed by atoms with Gasteiger partial charge >= 0.3 is 6.61 Å². The number of carbonyl (C=O) groups is 2. The highest BCUT2D eigenvalue weighted by atomic mass is 19.3. The summed E-state index contributed by atoms with van der Waals surface area (Å²) in [5.74, 6) is 0.387. The third-order valence-corrected chi connectivity index (χ3v) is 5.48. The van der Waals surface area contributed by atoms with Gasteiger partial charge in [0.05, 0.1) is 25.5 Å². The first-order valence-corrected chi connectivity index (χ1v) is 10.9. The van der Waals surface area contributed by atoms with Gasteiger partial charge in [-0.2, -0.15) is 8.78 Å². The molecule has 0 bridgehead atoms. The fourth-order valence-electron chi connectivity index (χ4n) is 3.71. The van der Waals surface area contributed by atoms with Crippen LogP contribution in [0.3, 0.4) is 0 Å². The van der Waals surface area contributed by atoms with E-state index in [9.17, 15) is 18.4 Å². The predicted molar refractivity (Wildman–Crippen MR) is 120 cm³/mol. The van der Waals surface area contributed by atoms with Crippen LogP contribution in [0.15, 0.2) is 36.7 Å². The summed E-state index contributed by atoms with van der Waals surface area (Å²) in [6.45, 7) is -0.989. The van der Waals surface area contributed by atoms with E-state index in [0.717, 1.165) is 12.8 Å². The summed E-state index contributed by atoms with van der Waals surface area (Å²) < 4.78 is 43.9. The number of halogens is 2. The number of hydrogen-bond donors (Lipinski definition) is 1. The number of alkyl halides is 2. The number of methoxy groups -OCH3 is 1. The molecule has 1 saturated carbocycles. The van der Waals surface area contributed by atoms with Crippen LogP contribution in [-0.4, -0.2) is 47.9 Å². The van der Waals surface area contributed by atoms with Crippen molar-refractivity contribution in [2.24, 2.45) is 5.92 Å². The van der Waals surface area contributed by atoms with Gasteiger partial charge in [-0.15, -0.1) is 0 Å². The zero-order valence-corrected chi connectivity index (χ0v) is 18.8. The Labute approximate surface area is 194 Å². The van der Waals surface area contributed by atoms with Gasteiger partial charge in [-0.1, -0.05) is 0 Å². The Bertz CT molecular complexity index is 1210. The molecule has 0 atom stereocenters. The predicted octanol–water partition coefficient (Wildman–Crippen LogP) is 4.11. The van der Waals surface area contributed by atoms with Crippen LogP contribution in [0.1, 0.15) is 36.5 Å². The molecular formula is C24H25F2N3O5. The molecule has 3 aromatic rings. The zero-order valence-electron chi connectivity index (χ0n) is 18.8. The lowest BCUT2D eigenvalue weighted by Crippen LogP contribution is -2.25. The summed E-state index contributed by atoms with van der Waals surface area (Å²) >= 11 is 0. The maximum atomic E-state index is 13.2. The lowest BCUT2D eigenvalue weighted by molar-refractivity contribution is -0.119. The summed E-state index contributed by atoms with van der Waals surface area (Å²) in [7, 11) is 1.39. The number of nitrogens with zero attached hydrogens (tertiary/aromatic N) is 2. The van der Waals surface area contributed by atoms with Crippen molar-refractivity contribution in [3.05, 3.63) is 42.2 Å². The molecule has 180 valence electrons. The lowest BCUT2D eigenvalue weighted by atomic mass is 10.00. The third-order valence-electron chi connectivity index (χ3n) is 5.48. The molecule has 1 aromatic carbocycles. The van der Waals surface area contributed by atoms with E-state index >= 15 is 0 Å². The number of ether oxygens (including phenoxy) is 3. The molecule has 10 heteroatoms. The number of pyridine rings is 1. The number of hydrogen-bond acceptors (Lipinski definition) is 6. The van der Waals surface area contributed by atoms with Crippen molar-refractivity contribution in [2.45, 2.75) is 32.8 Å². The van der Waals surface area contributed by atoms with Gasteiger partial charge in [0.1, 0.15) is 35.1 Å². The summed E-state index contributed by atoms with van der Waals surface area (Å²) in [6.07, 6.45) is 5.51. The molecule has 1 amide bonds. The number of nitrogens with one attached hydrogen (secondary N) is 1. The topological polar surface area (TPSA) is 91.2 Å². The normalized spacial score (nSPS) is 13.2. The standard InChI is InChI=1S/C24H25F2N3O5/c1-14(30)27-6-8-33-17-5-7-29-18(13-28-22(29)12-17)16-10-20(32-2)23(19(31)9-15-3-4-15)21(11-16)34-24(25)26/h5,7,10-13,15,24H,3-4,6,8-9H2,1-2H3,(H,27,30). The smallest absolute Gasteiger partial charge is 0.387 e. The molecular weight excluding hydrogens is 448 g/mol. The van der Waals surface area contributed by atoms with Gasteiger partial charge in [0.25, 0.3) is 0 Å². The van der Waals surface area contributed by atoms with Gasteiger partial charge in [0.15, 0.2) is 5.78 Å². The van der Waals surface area contributed by atoms with Gasteiger partial charge in [0, 0.05) is 31.2 Å². The highest BCUT2D eigenvalue weighted by Crippen LogP contribution is 2.40. The number of fused-ring (bicyclic) bond motifs is 1. The largest absolute Gasteiger partial charge is 0.496 e. The van der Waals surface area contributed by atoms with Gasteiger partial charge in [-0.05, 0) is 37.0 Å². The molecule has 0 unspecified atom stereocenters. The molecule has 2 heterocycles. The molecule has 1 fully saturated rings. The highest BCUT2D eigenvalue weighted by Gasteiger charge is 2.29. The number of Topliss-reactive ketones (excluding diaryl/α,β-unsaturated/α-hetero) is 1. The third kappa shape index (κ3) is 5.44. The Balaban J connectivity index is 1.65. The minimum atomic E-state index is -3.09. The van der Waals surface area contributed by atoms with Gasteiger partial charge in [-0.3, -0.25) is 14.0 Å². The van der Waals surface area contributed by atoms with E-state index in [0.29, 0.717) is 35.8 Å². The van der Waals surface area contributed by atoms with Crippen LogP contribution in [0.2, 0.25) is 0 Å². The van der Waals surface area contributed by atoms with E-state index in [1.54, 1.807) is 35.0 Å². The van der Waals surface area contributed by atoms with Crippen molar-refractivity contribution in [1.29, 1.82) is 0 Å². The van der Waals surface area contributed by atoms with Crippen molar-refractivity contribution in [3.63, 3.8) is 0 Å². The Kier molecular flexibility index (Phi) is 6.95. The Morgan fingerprint density at radius 2 is 2.00 bits per heavy atom. The summed E-state index contributed by atoms with van der Waals surface area (Å²) in [4.78, 5) is 28.1. The molecule has 34 heavy (non-hydrogen) atoms. The Morgan fingerprint density at radius 3 is 2.68 bits per heavy atom. The lowest BCUT2D eigenvalue weighted by Gasteiger charge is -2.16. The minimum absolute atomic E-state index is 0.0297.